The molecular weight excluding hydrogens is 842 g/mol. The Labute approximate surface area is 411 Å². The lowest BCUT2D eigenvalue weighted by atomic mass is 10.0. The predicted molar refractivity (Wildman–Crippen MR) is 282 cm³/mol. The molecule has 392 valence electrons. The van der Waals surface area contributed by atoms with Gasteiger partial charge in [0, 0.05) is 13.0 Å². The summed E-state index contributed by atoms with van der Waals surface area (Å²) in [6, 6.07) is 0. The first kappa shape index (κ1) is 65.0. The van der Waals surface area contributed by atoms with E-state index in [9.17, 15) is 14.3 Å². The van der Waals surface area contributed by atoms with Gasteiger partial charge in [-0.3, -0.25) is 9.36 Å². The van der Waals surface area contributed by atoms with Crippen LogP contribution in [0.25, 0.3) is 0 Å². The molecule has 0 aromatic carbocycles. The van der Waals surface area contributed by atoms with Gasteiger partial charge in [-0.1, -0.05) is 250 Å². The third-order valence-electron chi connectivity index (χ3n) is 12.8. The number of carbonyl (C=O) groups is 1. The van der Waals surface area contributed by atoms with Gasteiger partial charge in [-0.15, -0.1) is 0 Å². The number of nitrogens with zero attached hydrogens (tertiary/aromatic N) is 1. The largest absolute Gasteiger partial charge is 0.756 e. The number of phosphoric ester groups is 1. The normalized spacial score (nSPS) is 13.6. The maximum Gasteiger partial charge on any atom is 0.306 e. The number of unbranched alkanes of at least 4 members (excludes halogenated alkanes) is 36. The highest BCUT2D eigenvalue weighted by atomic mass is 31.2. The van der Waals surface area contributed by atoms with Crippen molar-refractivity contribution in [1.29, 1.82) is 0 Å². The average Bonchev–Trinajstić information content (AvgIpc) is 3.28. The van der Waals surface area contributed by atoms with Crippen LogP contribution < -0.4 is 4.89 Å². The van der Waals surface area contributed by atoms with Crippen LogP contribution in [0, 0.1) is 0 Å². The Morgan fingerprint density at radius 2 is 0.833 bits per heavy atom. The van der Waals surface area contributed by atoms with E-state index in [1.165, 1.54) is 218 Å². The zero-order chi connectivity index (χ0) is 48.3. The molecule has 0 spiro atoms. The van der Waals surface area contributed by atoms with E-state index < -0.39 is 13.9 Å². The first-order chi connectivity index (χ1) is 32.1. The molecule has 8 nitrogen and oxygen atoms in total. The molecule has 2 atom stereocenters. The molecule has 0 N–H and O–H groups in total. The molecule has 0 saturated carbocycles. The number of ether oxygens (including phenoxy) is 2. The number of likely N-dealkylation sites (N-methyl/N-ethyl adjacent to an activating group) is 1. The monoisotopic (exact) mass is 954 g/mol. The molecule has 0 aliphatic heterocycles. The fraction of sp³-hybridized carbons (Fsp3) is 0.912. The van der Waals surface area contributed by atoms with Gasteiger partial charge < -0.3 is 27.9 Å². The van der Waals surface area contributed by atoms with Crippen molar-refractivity contribution >= 4 is 13.8 Å². The first-order valence-electron chi connectivity index (χ1n) is 28.6. The van der Waals surface area contributed by atoms with Gasteiger partial charge in [0.05, 0.1) is 34.4 Å². The van der Waals surface area contributed by atoms with Gasteiger partial charge in [-0.2, -0.15) is 0 Å². The minimum atomic E-state index is -4.53. The Hall–Kier alpha value is -1.02. The Morgan fingerprint density at radius 3 is 1.23 bits per heavy atom. The van der Waals surface area contributed by atoms with Crippen molar-refractivity contribution in [3.63, 3.8) is 0 Å². The summed E-state index contributed by atoms with van der Waals surface area (Å²) in [5, 5.41) is 0. The molecule has 0 saturated heterocycles. The Bertz CT molecular complexity index is 1110. The van der Waals surface area contributed by atoms with Gasteiger partial charge in [0.2, 0.25) is 0 Å². The zero-order valence-corrected chi connectivity index (χ0v) is 45.6. The van der Waals surface area contributed by atoms with Crippen molar-refractivity contribution in [2.45, 2.75) is 283 Å². The minimum Gasteiger partial charge on any atom is -0.756 e. The topological polar surface area (TPSA) is 94.1 Å². The zero-order valence-electron chi connectivity index (χ0n) is 44.7. The van der Waals surface area contributed by atoms with E-state index >= 15 is 0 Å². The Balaban J connectivity index is 4.05. The van der Waals surface area contributed by atoms with Crippen LogP contribution in [0.1, 0.15) is 277 Å². The fourth-order valence-corrected chi connectivity index (χ4v) is 9.07. The summed E-state index contributed by atoms with van der Waals surface area (Å²) in [6.07, 6.45) is 60.7. The van der Waals surface area contributed by atoms with E-state index in [0.717, 1.165) is 38.5 Å². The molecule has 0 heterocycles. The van der Waals surface area contributed by atoms with Crippen LogP contribution in [0.5, 0.6) is 0 Å². The van der Waals surface area contributed by atoms with Crippen molar-refractivity contribution in [1.82, 2.24) is 0 Å². The third kappa shape index (κ3) is 53.9. The van der Waals surface area contributed by atoms with Crippen LogP contribution >= 0.6 is 7.82 Å². The molecule has 66 heavy (non-hydrogen) atoms. The second-order valence-electron chi connectivity index (χ2n) is 20.7. The molecule has 0 rings (SSSR count). The summed E-state index contributed by atoms with van der Waals surface area (Å²) in [7, 11) is 1.37. The summed E-state index contributed by atoms with van der Waals surface area (Å²) < 4.78 is 34.9. The predicted octanol–water partition coefficient (Wildman–Crippen LogP) is 17.3. The number of carbonyl (C=O) groups excluding carboxylic acids is 1. The van der Waals surface area contributed by atoms with Gasteiger partial charge >= 0.3 is 5.97 Å². The lowest BCUT2D eigenvalue weighted by Gasteiger charge is -2.28. The van der Waals surface area contributed by atoms with Crippen LogP contribution in [0.2, 0.25) is 0 Å². The highest BCUT2D eigenvalue weighted by molar-refractivity contribution is 7.45. The van der Waals surface area contributed by atoms with E-state index in [4.69, 9.17) is 18.5 Å². The van der Waals surface area contributed by atoms with Crippen LogP contribution in [0.4, 0.5) is 0 Å². The van der Waals surface area contributed by atoms with Gasteiger partial charge in [-0.25, -0.2) is 0 Å². The van der Waals surface area contributed by atoms with Gasteiger partial charge in [-0.05, 0) is 44.9 Å². The molecular formula is C57H112NO7P. The summed E-state index contributed by atoms with van der Waals surface area (Å²) in [4.78, 5) is 25.2. The average molecular weight is 954 g/mol. The number of phosphoric acid groups is 1. The summed E-state index contributed by atoms with van der Waals surface area (Å²) in [6.45, 7) is 5.46. The lowest BCUT2D eigenvalue weighted by Crippen LogP contribution is -2.37. The van der Waals surface area contributed by atoms with Crippen LogP contribution in [0.3, 0.4) is 0 Å². The third-order valence-corrected chi connectivity index (χ3v) is 13.7. The molecule has 9 heteroatoms. The molecule has 0 aromatic rings. The van der Waals surface area contributed by atoms with Crippen LogP contribution in [-0.2, 0) is 27.9 Å². The van der Waals surface area contributed by atoms with E-state index in [2.05, 4.69) is 38.2 Å². The van der Waals surface area contributed by atoms with Gasteiger partial charge in [0.25, 0.3) is 7.82 Å². The van der Waals surface area contributed by atoms with Crippen molar-refractivity contribution in [3.8, 4) is 0 Å². The SMILES string of the molecule is CCCCCCC/C=C\C/C=C\CCCCCCCCCCCC(=O)OC(COCCCCCCCCCCCCCCCCCCCCCCCCC)COP(=O)([O-])OCC[N+](C)(C)C. The Kier molecular flexibility index (Phi) is 49.6. The number of quaternary nitrogens is 1. The molecule has 0 aliphatic carbocycles. The van der Waals surface area contributed by atoms with Crippen molar-refractivity contribution in [2.24, 2.45) is 0 Å². The van der Waals surface area contributed by atoms with Crippen molar-refractivity contribution in [2.75, 3.05) is 54.1 Å². The van der Waals surface area contributed by atoms with Gasteiger partial charge in [0.15, 0.2) is 0 Å². The molecule has 0 radical (unpaired) electrons. The summed E-state index contributed by atoms with van der Waals surface area (Å²) in [5.74, 6) is -0.332. The van der Waals surface area contributed by atoms with E-state index in [-0.39, 0.29) is 25.8 Å². The quantitative estimate of drug-likeness (QED) is 0.0197. The van der Waals surface area contributed by atoms with Crippen LogP contribution in [0.15, 0.2) is 24.3 Å². The maximum atomic E-state index is 12.8. The lowest BCUT2D eigenvalue weighted by molar-refractivity contribution is -0.870. The highest BCUT2D eigenvalue weighted by Crippen LogP contribution is 2.38. The van der Waals surface area contributed by atoms with Crippen molar-refractivity contribution < 1.29 is 37.3 Å². The number of rotatable bonds is 54. The highest BCUT2D eigenvalue weighted by Gasteiger charge is 2.20. The van der Waals surface area contributed by atoms with E-state index in [1.54, 1.807) is 0 Å². The number of hydrogen-bond acceptors (Lipinski definition) is 7. The molecule has 0 bridgehead atoms. The van der Waals surface area contributed by atoms with Crippen molar-refractivity contribution in [3.05, 3.63) is 24.3 Å². The molecule has 0 amide bonds. The number of allylic oxidation sites excluding steroid dienone is 4. The van der Waals surface area contributed by atoms with E-state index in [1.807, 2.05) is 21.1 Å². The maximum absolute atomic E-state index is 12.8. The first-order valence-corrected chi connectivity index (χ1v) is 30.0. The molecule has 0 fully saturated rings. The molecule has 0 aliphatic rings. The summed E-state index contributed by atoms with van der Waals surface area (Å²) in [5.41, 5.74) is 0. The second kappa shape index (κ2) is 50.4. The number of esters is 1. The molecule has 2 unspecified atom stereocenters. The smallest absolute Gasteiger partial charge is 0.306 e. The molecule has 0 aromatic heterocycles. The minimum absolute atomic E-state index is 0.0278. The van der Waals surface area contributed by atoms with Gasteiger partial charge in [0.1, 0.15) is 19.3 Å². The summed E-state index contributed by atoms with van der Waals surface area (Å²) >= 11 is 0. The van der Waals surface area contributed by atoms with E-state index in [0.29, 0.717) is 24.1 Å². The second-order valence-corrected chi connectivity index (χ2v) is 22.1. The fourth-order valence-electron chi connectivity index (χ4n) is 8.35. The Morgan fingerprint density at radius 1 is 0.470 bits per heavy atom. The standard InChI is InChI=1S/C57H112NO7P/c1-6-8-10-12-14-16-18-20-22-24-26-28-29-31-33-35-37-39-41-43-45-47-49-52-62-54-56(55-64-66(60,61)63-53-51-58(3,4)5)65-57(59)50-48-46-44-42-40-38-36-34-32-30-27-25-23-21-19-17-15-13-11-9-7-2/h19,21,25,27,56H,6-18,20,22-24,26,28-55H2,1-5H3/b21-19-,27-25-. The number of hydrogen-bond donors (Lipinski definition) is 0. The van der Waals surface area contributed by atoms with Crippen LogP contribution in [-0.4, -0.2) is 70.7 Å².